The van der Waals surface area contributed by atoms with E-state index in [4.69, 9.17) is 13.9 Å². The molecule has 2 atom stereocenters. The van der Waals surface area contributed by atoms with Gasteiger partial charge in [0.1, 0.15) is 11.5 Å². The van der Waals surface area contributed by atoms with E-state index in [1.807, 2.05) is 62.4 Å². The van der Waals surface area contributed by atoms with Crippen LogP contribution in [0.2, 0.25) is 0 Å². The molecule has 1 aliphatic rings. The van der Waals surface area contributed by atoms with Crippen molar-refractivity contribution < 1.29 is 23.8 Å². The van der Waals surface area contributed by atoms with Gasteiger partial charge in [0.25, 0.3) is 0 Å². The van der Waals surface area contributed by atoms with Crippen LogP contribution in [-0.4, -0.2) is 28.3 Å². The highest BCUT2D eigenvalue weighted by atomic mass is 16.5. The summed E-state index contributed by atoms with van der Waals surface area (Å²) in [6, 6.07) is 15.3. The number of nitrogens with zero attached hydrogens (tertiary/aromatic N) is 1. The minimum absolute atomic E-state index is 0.0502. The lowest BCUT2D eigenvalue weighted by Gasteiger charge is -2.29. The van der Waals surface area contributed by atoms with E-state index in [9.17, 15) is 9.90 Å². The third-order valence-corrected chi connectivity index (χ3v) is 5.99. The minimum atomic E-state index is -0.913. The highest BCUT2D eigenvalue weighted by molar-refractivity contribution is 5.91. The summed E-state index contributed by atoms with van der Waals surface area (Å²) in [5.74, 6) is 0.469. The first-order chi connectivity index (χ1) is 15.5. The van der Waals surface area contributed by atoms with E-state index in [2.05, 4.69) is 4.98 Å². The maximum absolute atomic E-state index is 11.6. The van der Waals surface area contributed by atoms with Crippen molar-refractivity contribution in [3.05, 3.63) is 76.7 Å². The van der Waals surface area contributed by atoms with Crippen LogP contribution < -0.4 is 0 Å². The van der Waals surface area contributed by atoms with Crippen molar-refractivity contribution in [2.75, 3.05) is 0 Å². The number of carbonyl (C=O) groups is 1. The zero-order valence-corrected chi connectivity index (χ0v) is 18.5. The van der Waals surface area contributed by atoms with Crippen molar-refractivity contribution in [2.45, 2.75) is 65.0 Å². The number of benzene rings is 2. The quantitative estimate of drug-likeness (QED) is 0.489. The standard InChI is InChI=1S/C26H29NO5/c1-17-8-6-11-20(24(17)26(28)29)15-30-21-12-7-13-22(14-21)31-16-23-18(2)32-25(27-23)19-9-4-3-5-10-19/h3-6,8-11,21-22H,7,12-16H2,1-2H3,(H,28,29)/t21-,22+/m0/s1. The van der Waals surface area contributed by atoms with Gasteiger partial charge in [-0.25, -0.2) is 9.78 Å². The smallest absolute Gasteiger partial charge is 0.336 e. The third-order valence-electron chi connectivity index (χ3n) is 5.99. The number of carboxylic acid groups (broad SMARTS) is 1. The molecule has 0 amide bonds. The number of hydrogen-bond acceptors (Lipinski definition) is 5. The number of carboxylic acids is 1. The molecular formula is C26H29NO5. The van der Waals surface area contributed by atoms with Gasteiger partial charge in [0.15, 0.2) is 0 Å². The fourth-order valence-electron chi connectivity index (χ4n) is 4.23. The molecule has 168 valence electrons. The number of aryl methyl sites for hydroxylation is 2. The van der Waals surface area contributed by atoms with E-state index >= 15 is 0 Å². The van der Waals surface area contributed by atoms with Gasteiger partial charge in [0.2, 0.25) is 5.89 Å². The van der Waals surface area contributed by atoms with Gasteiger partial charge in [-0.2, -0.15) is 0 Å². The average Bonchev–Trinajstić information content (AvgIpc) is 3.17. The Bertz CT molecular complexity index is 1060. The van der Waals surface area contributed by atoms with Crippen LogP contribution in [-0.2, 0) is 22.7 Å². The van der Waals surface area contributed by atoms with Gasteiger partial charge >= 0.3 is 5.97 Å². The van der Waals surface area contributed by atoms with Crippen LogP contribution in [0.15, 0.2) is 52.9 Å². The number of rotatable bonds is 8. The Morgan fingerprint density at radius 1 is 1.03 bits per heavy atom. The first-order valence-corrected chi connectivity index (χ1v) is 11.1. The molecular weight excluding hydrogens is 406 g/mol. The van der Waals surface area contributed by atoms with Crippen LogP contribution in [0.4, 0.5) is 0 Å². The van der Waals surface area contributed by atoms with Crippen LogP contribution in [0, 0.1) is 13.8 Å². The van der Waals surface area contributed by atoms with Gasteiger partial charge in [-0.15, -0.1) is 0 Å². The molecule has 1 heterocycles. The summed E-state index contributed by atoms with van der Waals surface area (Å²) in [6.07, 6.45) is 3.87. The molecule has 0 aliphatic heterocycles. The van der Waals surface area contributed by atoms with Gasteiger partial charge in [-0.05, 0) is 62.8 Å². The highest BCUT2D eigenvalue weighted by Crippen LogP contribution is 2.27. The second-order valence-corrected chi connectivity index (χ2v) is 8.33. The van der Waals surface area contributed by atoms with Crippen LogP contribution in [0.5, 0.6) is 0 Å². The Kier molecular flexibility index (Phi) is 7.02. The Morgan fingerprint density at radius 3 is 2.47 bits per heavy atom. The fourth-order valence-corrected chi connectivity index (χ4v) is 4.23. The number of ether oxygens (including phenoxy) is 2. The molecule has 6 heteroatoms. The SMILES string of the molecule is Cc1cccc(CO[C@H]2CCC[C@@H](OCc3nc(-c4ccccc4)oc3C)C2)c1C(=O)O. The van der Waals surface area contributed by atoms with Crippen LogP contribution in [0.25, 0.3) is 11.5 Å². The molecule has 0 saturated heterocycles. The summed E-state index contributed by atoms with van der Waals surface area (Å²) in [6.45, 7) is 4.42. The monoisotopic (exact) mass is 435 g/mol. The van der Waals surface area contributed by atoms with Crippen molar-refractivity contribution in [2.24, 2.45) is 0 Å². The maximum Gasteiger partial charge on any atom is 0.336 e. The van der Waals surface area contributed by atoms with Crippen LogP contribution in [0.1, 0.15) is 58.6 Å². The topological polar surface area (TPSA) is 81.8 Å². The predicted octanol–water partition coefficient (Wildman–Crippen LogP) is 5.70. The molecule has 6 nitrogen and oxygen atoms in total. The zero-order chi connectivity index (χ0) is 22.5. The number of hydrogen-bond donors (Lipinski definition) is 1. The van der Waals surface area contributed by atoms with Gasteiger partial charge in [0.05, 0.1) is 31.0 Å². The molecule has 1 aromatic heterocycles. The largest absolute Gasteiger partial charge is 0.478 e. The van der Waals surface area contributed by atoms with Crippen molar-refractivity contribution in [1.82, 2.24) is 4.98 Å². The first kappa shape index (κ1) is 22.2. The maximum atomic E-state index is 11.6. The minimum Gasteiger partial charge on any atom is -0.478 e. The summed E-state index contributed by atoms with van der Waals surface area (Å²) >= 11 is 0. The lowest BCUT2D eigenvalue weighted by Crippen LogP contribution is -2.28. The molecule has 1 saturated carbocycles. The lowest BCUT2D eigenvalue weighted by atomic mass is 9.94. The molecule has 1 aliphatic carbocycles. The fraction of sp³-hybridized carbons (Fsp3) is 0.385. The normalized spacial score (nSPS) is 18.6. The summed E-state index contributed by atoms with van der Waals surface area (Å²) in [5, 5.41) is 9.51. The van der Waals surface area contributed by atoms with Crippen molar-refractivity contribution >= 4 is 5.97 Å². The summed E-state index contributed by atoms with van der Waals surface area (Å²) < 4.78 is 18.1. The van der Waals surface area contributed by atoms with Crippen LogP contribution >= 0.6 is 0 Å². The van der Waals surface area contributed by atoms with E-state index in [1.54, 1.807) is 0 Å². The van der Waals surface area contributed by atoms with Gasteiger partial charge < -0.3 is 19.0 Å². The Labute approximate surface area is 188 Å². The number of aromatic carboxylic acids is 1. The van der Waals surface area contributed by atoms with E-state index in [-0.39, 0.29) is 12.2 Å². The lowest BCUT2D eigenvalue weighted by molar-refractivity contribution is -0.0564. The van der Waals surface area contributed by atoms with E-state index in [0.717, 1.165) is 48.3 Å². The average molecular weight is 436 g/mol. The Morgan fingerprint density at radius 2 is 1.75 bits per heavy atom. The van der Waals surface area contributed by atoms with Gasteiger partial charge in [-0.1, -0.05) is 36.4 Å². The second kappa shape index (κ2) is 10.1. The number of oxazole rings is 1. The Balaban J connectivity index is 1.32. The summed E-state index contributed by atoms with van der Waals surface area (Å²) in [7, 11) is 0. The molecule has 0 radical (unpaired) electrons. The molecule has 1 fully saturated rings. The van der Waals surface area contributed by atoms with Crippen molar-refractivity contribution in [3.63, 3.8) is 0 Å². The summed E-state index contributed by atoms with van der Waals surface area (Å²) in [5.41, 5.74) is 3.57. The highest BCUT2D eigenvalue weighted by Gasteiger charge is 2.25. The second-order valence-electron chi connectivity index (χ2n) is 8.33. The van der Waals surface area contributed by atoms with Crippen molar-refractivity contribution in [1.29, 1.82) is 0 Å². The predicted molar refractivity (Wildman–Crippen MR) is 120 cm³/mol. The third kappa shape index (κ3) is 5.26. The van der Waals surface area contributed by atoms with Gasteiger partial charge in [0, 0.05) is 5.56 Å². The molecule has 3 aromatic rings. The van der Waals surface area contributed by atoms with Crippen LogP contribution in [0.3, 0.4) is 0 Å². The van der Waals surface area contributed by atoms with E-state index in [0.29, 0.717) is 30.2 Å². The molecule has 1 N–H and O–H groups in total. The van der Waals surface area contributed by atoms with E-state index < -0.39 is 5.97 Å². The molecule has 0 unspecified atom stereocenters. The zero-order valence-electron chi connectivity index (χ0n) is 18.5. The molecule has 0 spiro atoms. The van der Waals surface area contributed by atoms with Crippen molar-refractivity contribution in [3.8, 4) is 11.5 Å². The molecule has 0 bridgehead atoms. The molecule has 2 aromatic carbocycles. The molecule has 4 rings (SSSR count). The number of aromatic nitrogens is 1. The van der Waals surface area contributed by atoms with E-state index in [1.165, 1.54) is 0 Å². The van der Waals surface area contributed by atoms with Gasteiger partial charge in [-0.3, -0.25) is 0 Å². The first-order valence-electron chi connectivity index (χ1n) is 11.1. The Hall–Kier alpha value is -2.96. The molecule has 32 heavy (non-hydrogen) atoms. The summed E-state index contributed by atoms with van der Waals surface area (Å²) in [4.78, 5) is 16.2.